The van der Waals surface area contributed by atoms with E-state index in [1.54, 1.807) is 19.2 Å². The number of nitrogens with zero attached hydrogens (tertiary/aromatic N) is 1. The summed E-state index contributed by atoms with van der Waals surface area (Å²) in [7, 11) is 1.65. The molecule has 1 amide bonds. The zero-order chi connectivity index (χ0) is 14.5. The molecule has 0 aliphatic carbocycles. The van der Waals surface area contributed by atoms with Crippen LogP contribution in [0.25, 0.3) is 0 Å². The molecule has 19 heavy (non-hydrogen) atoms. The Hall–Kier alpha value is -1.86. The normalized spacial score (nSPS) is 12.6. The van der Waals surface area contributed by atoms with Crippen LogP contribution in [0.3, 0.4) is 0 Å². The minimum absolute atomic E-state index is 0.0204. The van der Waals surface area contributed by atoms with Crippen molar-refractivity contribution in [3.63, 3.8) is 0 Å². The molecule has 1 unspecified atom stereocenters. The minimum Gasteiger partial charge on any atom is -0.359 e. The molecular weight excluding hydrogens is 238 g/mol. The van der Waals surface area contributed by atoms with Crippen molar-refractivity contribution in [1.82, 2.24) is 10.6 Å². The third kappa shape index (κ3) is 4.08. The van der Waals surface area contributed by atoms with Gasteiger partial charge in [0.2, 0.25) is 5.91 Å². The second kappa shape index (κ2) is 6.35. The van der Waals surface area contributed by atoms with Crippen molar-refractivity contribution in [1.29, 1.82) is 5.26 Å². The van der Waals surface area contributed by atoms with Gasteiger partial charge in [-0.3, -0.25) is 4.79 Å². The molecule has 0 bridgehead atoms. The van der Waals surface area contributed by atoms with Crippen LogP contribution in [0.2, 0.25) is 0 Å². The lowest BCUT2D eigenvalue weighted by atomic mass is 9.91. The van der Waals surface area contributed by atoms with Gasteiger partial charge in [-0.15, -0.1) is 0 Å². The summed E-state index contributed by atoms with van der Waals surface area (Å²) in [6, 6.07) is 9.71. The summed E-state index contributed by atoms with van der Waals surface area (Å²) in [5, 5.41) is 14.8. The van der Waals surface area contributed by atoms with Gasteiger partial charge in [-0.05, 0) is 38.5 Å². The van der Waals surface area contributed by atoms with Gasteiger partial charge >= 0.3 is 0 Å². The lowest BCUT2D eigenvalue weighted by Crippen LogP contribution is -2.42. The molecule has 1 aromatic rings. The van der Waals surface area contributed by atoms with Crippen LogP contribution in [0.15, 0.2) is 24.3 Å². The van der Waals surface area contributed by atoms with Gasteiger partial charge in [-0.2, -0.15) is 5.26 Å². The monoisotopic (exact) mass is 259 g/mol. The van der Waals surface area contributed by atoms with Gasteiger partial charge < -0.3 is 10.6 Å². The Bertz CT molecular complexity index is 471. The molecule has 0 spiro atoms. The second-order valence-electron chi connectivity index (χ2n) is 5.30. The molecule has 0 saturated carbocycles. The van der Waals surface area contributed by atoms with Crippen molar-refractivity contribution in [3.8, 4) is 6.07 Å². The average Bonchev–Trinajstić information content (AvgIpc) is 2.43. The number of carbonyl (C=O) groups excluding carboxylic acids is 1. The Morgan fingerprint density at radius 3 is 2.42 bits per heavy atom. The van der Waals surface area contributed by atoms with Crippen LogP contribution < -0.4 is 10.6 Å². The highest BCUT2D eigenvalue weighted by Gasteiger charge is 2.26. The number of rotatable bonds is 5. The molecule has 1 aromatic carbocycles. The van der Waals surface area contributed by atoms with Crippen molar-refractivity contribution in [2.45, 2.75) is 26.8 Å². The van der Waals surface area contributed by atoms with Crippen LogP contribution in [0.4, 0.5) is 0 Å². The van der Waals surface area contributed by atoms with E-state index in [1.807, 2.05) is 32.9 Å². The summed E-state index contributed by atoms with van der Waals surface area (Å²) in [5.74, 6) is 0.0204. The molecule has 0 radical (unpaired) electrons. The van der Waals surface area contributed by atoms with Crippen LogP contribution in [-0.2, 0) is 4.79 Å². The molecule has 0 aromatic heterocycles. The molecule has 0 aliphatic rings. The molecule has 4 nitrogen and oxygen atoms in total. The molecule has 0 saturated heterocycles. The lowest BCUT2D eigenvalue weighted by Gasteiger charge is -2.25. The first kappa shape index (κ1) is 15.2. The summed E-state index contributed by atoms with van der Waals surface area (Å²) >= 11 is 0. The first-order valence-corrected chi connectivity index (χ1v) is 6.36. The molecule has 4 heteroatoms. The Labute approximate surface area is 114 Å². The van der Waals surface area contributed by atoms with Gasteiger partial charge in [0.05, 0.1) is 17.0 Å². The number of nitriles is 1. The number of benzene rings is 1. The van der Waals surface area contributed by atoms with Crippen LogP contribution >= 0.6 is 0 Å². The van der Waals surface area contributed by atoms with E-state index in [9.17, 15) is 4.79 Å². The van der Waals surface area contributed by atoms with Crippen LogP contribution in [-0.4, -0.2) is 19.5 Å². The average molecular weight is 259 g/mol. The second-order valence-corrected chi connectivity index (χ2v) is 5.30. The summed E-state index contributed by atoms with van der Waals surface area (Å²) < 4.78 is 0. The van der Waals surface area contributed by atoms with E-state index in [2.05, 4.69) is 16.7 Å². The highest BCUT2D eigenvalue weighted by atomic mass is 16.2. The topological polar surface area (TPSA) is 64.9 Å². The maximum atomic E-state index is 11.7. The number of carbonyl (C=O) groups is 1. The third-order valence-corrected chi connectivity index (χ3v) is 3.23. The fraction of sp³-hybridized carbons (Fsp3) is 0.467. The summed E-state index contributed by atoms with van der Waals surface area (Å²) in [5.41, 5.74) is 1.31. The Kier molecular flexibility index (Phi) is 5.08. The van der Waals surface area contributed by atoms with Gasteiger partial charge in [0, 0.05) is 19.6 Å². The predicted octanol–water partition coefficient (Wildman–Crippen LogP) is 1.98. The molecule has 2 N–H and O–H groups in total. The van der Waals surface area contributed by atoms with E-state index in [1.165, 1.54) is 0 Å². The van der Waals surface area contributed by atoms with E-state index in [-0.39, 0.29) is 11.9 Å². The first-order chi connectivity index (χ1) is 8.90. The van der Waals surface area contributed by atoms with Gasteiger partial charge in [0.1, 0.15) is 0 Å². The molecule has 0 fully saturated rings. The number of amides is 1. The van der Waals surface area contributed by atoms with Crippen molar-refractivity contribution in [2.24, 2.45) is 5.41 Å². The Morgan fingerprint density at radius 1 is 1.37 bits per heavy atom. The maximum absolute atomic E-state index is 11.7. The molecular formula is C15H21N3O. The van der Waals surface area contributed by atoms with Crippen LogP contribution in [0.1, 0.15) is 37.9 Å². The molecule has 1 atom stereocenters. The number of hydrogen-bond donors (Lipinski definition) is 2. The van der Waals surface area contributed by atoms with Gasteiger partial charge in [0.15, 0.2) is 0 Å². The predicted molar refractivity (Wildman–Crippen MR) is 75.4 cm³/mol. The smallest absolute Gasteiger partial charge is 0.226 e. The fourth-order valence-corrected chi connectivity index (χ4v) is 1.79. The van der Waals surface area contributed by atoms with Crippen molar-refractivity contribution >= 4 is 5.91 Å². The molecule has 1 rings (SSSR count). The van der Waals surface area contributed by atoms with E-state index in [0.717, 1.165) is 5.56 Å². The number of nitrogens with one attached hydrogen (secondary N) is 2. The lowest BCUT2D eigenvalue weighted by molar-refractivity contribution is -0.128. The summed E-state index contributed by atoms with van der Waals surface area (Å²) in [6.07, 6.45) is 0. The maximum Gasteiger partial charge on any atom is 0.226 e. The summed E-state index contributed by atoms with van der Waals surface area (Å²) in [6.45, 7) is 6.45. The van der Waals surface area contributed by atoms with E-state index >= 15 is 0 Å². The standard InChI is InChI=1S/C15H21N3O/c1-11(13-7-5-12(9-16)6-8-13)18-10-15(2,3)14(19)17-4/h5-8,11,18H,10H2,1-4H3,(H,17,19). The molecule has 102 valence electrons. The fourth-order valence-electron chi connectivity index (χ4n) is 1.79. The van der Waals surface area contributed by atoms with E-state index in [4.69, 9.17) is 5.26 Å². The van der Waals surface area contributed by atoms with E-state index in [0.29, 0.717) is 12.1 Å². The van der Waals surface area contributed by atoms with Gasteiger partial charge in [-0.25, -0.2) is 0 Å². The van der Waals surface area contributed by atoms with Crippen LogP contribution in [0, 0.1) is 16.7 Å². The zero-order valence-corrected chi connectivity index (χ0v) is 11.9. The Morgan fingerprint density at radius 2 is 1.95 bits per heavy atom. The largest absolute Gasteiger partial charge is 0.359 e. The Balaban J connectivity index is 2.62. The van der Waals surface area contributed by atoms with Crippen molar-refractivity contribution in [3.05, 3.63) is 35.4 Å². The number of hydrogen-bond acceptors (Lipinski definition) is 3. The zero-order valence-electron chi connectivity index (χ0n) is 11.9. The van der Waals surface area contributed by atoms with E-state index < -0.39 is 5.41 Å². The summed E-state index contributed by atoms with van der Waals surface area (Å²) in [4.78, 5) is 11.7. The van der Waals surface area contributed by atoms with Crippen LogP contribution in [0.5, 0.6) is 0 Å². The molecule has 0 aliphatic heterocycles. The highest BCUT2D eigenvalue weighted by Crippen LogP contribution is 2.18. The van der Waals surface area contributed by atoms with Crippen molar-refractivity contribution < 1.29 is 4.79 Å². The highest BCUT2D eigenvalue weighted by molar-refractivity contribution is 5.81. The van der Waals surface area contributed by atoms with Gasteiger partial charge in [-0.1, -0.05) is 12.1 Å². The minimum atomic E-state index is -0.449. The first-order valence-electron chi connectivity index (χ1n) is 6.36. The third-order valence-electron chi connectivity index (χ3n) is 3.23. The van der Waals surface area contributed by atoms with Crippen molar-refractivity contribution in [2.75, 3.05) is 13.6 Å². The SMILES string of the molecule is CNC(=O)C(C)(C)CNC(C)c1ccc(C#N)cc1. The van der Waals surface area contributed by atoms with Gasteiger partial charge in [0.25, 0.3) is 0 Å². The molecule has 0 heterocycles. The quantitative estimate of drug-likeness (QED) is 0.849.